The van der Waals surface area contributed by atoms with E-state index in [0.29, 0.717) is 6.54 Å². The van der Waals surface area contributed by atoms with Crippen LogP contribution in [0.2, 0.25) is 0 Å². The molecule has 1 fully saturated rings. The summed E-state index contributed by atoms with van der Waals surface area (Å²) >= 11 is 1.59. The average Bonchev–Trinajstić information content (AvgIpc) is 2.63. The number of thioether (sulfide) groups is 1. The Morgan fingerprint density at radius 1 is 1.47 bits per heavy atom. The van der Waals surface area contributed by atoms with Gasteiger partial charge in [0.25, 0.3) is 0 Å². The van der Waals surface area contributed by atoms with E-state index in [1.165, 1.54) is 0 Å². The summed E-state index contributed by atoms with van der Waals surface area (Å²) in [5.41, 5.74) is 2.14. The molecule has 1 aromatic carbocycles. The van der Waals surface area contributed by atoms with Gasteiger partial charge < -0.3 is 0 Å². The summed E-state index contributed by atoms with van der Waals surface area (Å²) in [7, 11) is 0. The van der Waals surface area contributed by atoms with E-state index in [1.807, 2.05) is 31.2 Å². The minimum Gasteiger partial charge on any atom is -0.286 e. The SMILES string of the molecule is Br.CCC1SC2=Nc3ccccc3CN2C1=O. The minimum absolute atomic E-state index is 0. The monoisotopic (exact) mass is 312 g/mol. The lowest BCUT2D eigenvalue weighted by molar-refractivity contribution is -0.126. The molecule has 90 valence electrons. The summed E-state index contributed by atoms with van der Waals surface area (Å²) in [5, 5.41) is 0.934. The van der Waals surface area contributed by atoms with E-state index in [2.05, 4.69) is 4.99 Å². The zero-order chi connectivity index (χ0) is 11.1. The standard InChI is InChI=1S/C12H12N2OS.BrH/c1-2-10-11(15)14-7-8-5-3-4-6-9(8)13-12(14)16-10;/h3-6,10H,2,7H2,1H3;1H. The quantitative estimate of drug-likeness (QED) is 0.798. The van der Waals surface area contributed by atoms with Gasteiger partial charge in [-0.25, -0.2) is 4.99 Å². The number of halogens is 1. The van der Waals surface area contributed by atoms with Crippen molar-refractivity contribution in [3.8, 4) is 0 Å². The fourth-order valence-corrected chi connectivity index (χ4v) is 3.11. The van der Waals surface area contributed by atoms with Gasteiger partial charge in [-0.05, 0) is 18.1 Å². The zero-order valence-electron chi connectivity index (χ0n) is 9.42. The zero-order valence-corrected chi connectivity index (χ0v) is 11.9. The van der Waals surface area contributed by atoms with E-state index in [4.69, 9.17) is 0 Å². The van der Waals surface area contributed by atoms with Crippen molar-refractivity contribution in [3.05, 3.63) is 29.8 Å². The second-order valence-electron chi connectivity index (χ2n) is 3.96. The van der Waals surface area contributed by atoms with Gasteiger partial charge in [0.1, 0.15) is 0 Å². The third-order valence-corrected chi connectivity index (χ3v) is 4.27. The van der Waals surface area contributed by atoms with Crippen molar-refractivity contribution in [2.24, 2.45) is 4.99 Å². The molecule has 0 spiro atoms. The molecule has 1 aromatic rings. The van der Waals surface area contributed by atoms with E-state index in [9.17, 15) is 4.79 Å². The van der Waals surface area contributed by atoms with Crippen molar-refractivity contribution in [1.29, 1.82) is 0 Å². The highest BCUT2D eigenvalue weighted by Gasteiger charge is 2.38. The lowest BCUT2D eigenvalue weighted by Crippen LogP contribution is -2.32. The first-order chi connectivity index (χ1) is 7.79. The highest BCUT2D eigenvalue weighted by atomic mass is 79.9. The molecule has 0 bridgehead atoms. The average molecular weight is 313 g/mol. The predicted octanol–water partition coefficient (Wildman–Crippen LogP) is 3.12. The van der Waals surface area contributed by atoms with Gasteiger partial charge in [-0.15, -0.1) is 17.0 Å². The molecule has 17 heavy (non-hydrogen) atoms. The largest absolute Gasteiger partial charge is 0.286 e. The number of fused-ring (bicyclic) bond motifs is 2. The number of hydrogen-bond acceptors (Lipinski definition) is 3. The van der Waals surface area contributed by atoms with Gasteiger partial charge in [-0.1, -0.05) is 36.9 Å². The second kappa shape index (κ2) is 4.82. The first-order valence-electron chi connectivity index (χ1n) is 5.44. The lowest BCUT2D eigenvalue weighted by atomic mass is 10.1. The molecule has 3 nitrogen and oxygen atoms in total. The number of benzene rings is 1. The normalized spacial score (nSPS) is 21.5. The van der Waals surface area contributed by atoms with Crippen LogP contribution in [0.4, 0.5) is 5.69 Å². The van der Waals surface area contributed by atoms with E-state index in [0.717, 1.165) is 22.8 Å². The van der Waals surface area contributed by atoms with Crippen LogP contribution >= 0.6 is 28.7 Å². The topological polar surface area (TPSA) is 32.7 Å². The molecule has 1 amide bonds. The Balaban J connectivity index is 0.00000108. The molecule has 3 rings (SSSR count). The van der Waals surface area contributed by atoms with Crippen LogP contribution in [0.15, 0.2) is 29.3 Å². The first-order valence-corrected chi connectivity index (χ1v) is 6.32. The van der Waals surface area contributed by atoms with Crippen LogP contribution in [0.5, 0.6) is 0 Å². The van der Waals surface area contributed by atoms with E-state index in [-0.39, 0.29) is 28.1 Å². The highest BCUT2D eigenvalue weighted by Crippen LogP contribution is 2.37. The molecule has 0 N–H and O–H groups in total. The van der Waals surface area contributed by atoms with E-state index >= 15 is 0 Å². The number of amidine groups is 1. The van der Waals surface area contributed by atoms with Crippen molar-refractivity contribution < 1.29 is 4.79 Å². The molecular formula is C12H13BrN2OS. The van der Waals surface area contributed by atoms with Crippen LogP contribution in [0.3, 0.4) is 0 Å². The molecule has 0 radical (unpaired) electrons. The Labute approximate surface area is 115 Å². The number of carbonyl (C=O) groups is 1. The Bertz CT molecular complexity index is 489. The maximum atomic E-state index is 12.0. The van der Waals surface area contributed by atoms with Crippen molar-refractivity contribution in [1.82, 2.24) is 4.90 Å². The molecule has 0 aromatic heterocycles. The van der Waals surface area contributed by atoms with Crippen LogP contribution in [0.25, 0.3) is 0 Å². The van der Waals surface area contributed by atoms with Crippen molar-refractivity contribution >= 4 is 45.5 Å². The van der Waals surface area contributed by atoms with Gasteiger partial charge in [0.05, 0.1) is 17.5 Å². The molecule has 1 unspecified atom stereocenters. The van der Waals surface area contributed by atoms with Crippen LogP contribution in [0.1, 0.15) is 18.9 Å². The maximum absolute atomic E-state index is 12.0. The molecule has 2 aliphatic rings. The summed E-state index contributed by atoms with van der Waals surface area (Å²) in [5.74, 6) is 0.209. The van der Waals surface area contributed by atoms with Gasteiger partial charge >= 0.3 is 0 Å². The number of amides is 1. The third-order valence-electron chi connectivity index (χ3n) is 2.93. The van der Waals surface area contributed by atoms with Gasteiger partial charge in [-0.3, -0.25) is 9.69 Å². The summed E-state index contributed by atoms with van der Waals surface area (Å²) in [6.45, 7) is 2.72. The van der Waals surface area contributed by atoms with Gasteiger partial charge in [0, 0.05) is 0 Å². The molecule has 1 saturated heterocycles. The molecule has 2 heterocycles. The Kier molecular flexibility index (Phi) is 3.58. The van der Waals surface area contributed by atoms with Gasteiger partial charge in [0.15, 0.2) is 5.17 Å². The summed E-state index contributed by atoms with van der Waals surface area (Å²) in [6, 6.07) is 8.01. The minimum atomic E-state index is 0. The van der Waals surface area contributed by atoms with Crippen molar-refractivity contribution in [2.45, 2.75) is 25.1 Å². The fourth-order valence-electron chi connectivity index (χ4n) is 2.03. The predicted molar refractivity (Wildman–Crippen MR) is 76.1 cm³/mol. The van der Waals surface area contributed by atoms with Crippen molar-refractivity contribution in [2.75, 3.05) is 0 Å². The van der Waals surface area contributed by atoms with Gasteiger partial charge in [-0.2, -0.15) is 0 Å². The molecule has 5 heteroatoms. The number of carbonyl (C=O) groups excluding carboxylic acids is 1. The summed E-state index contributed by atoms with van der Waals surface area (Å²) < 4.78 is 0. The molecule has 1 atom stereocenters. The first kappa shape index (κ1) is 12.6. The van der Waals surface area contributed by atoms with Crippen LogP contribution in [-0.4, -0.2) is 21.2 Å². The molecular weight excluding hydrogens is 300 g/mol. The highest BCUT2D eigenvalue weighted by molar-refractivity contribution is 8.93. The Morgan fingerprint density at radius 2 is 2.24 bits per heavy atom. The smallest absolute Gasteiger partial charge is 0.242 e. The van der Waals surface area contributed by atoms with E-state index in [1.54, 1.807) is 16.7 Å². The summed E-state index contributed by atoms with van der Waals surface area (Å²) in [4.78, 5) is 18.4. The number of aliphatic imine (C=N–C) groups is 1. The summed E-state index contributed by atoms with van der Waals surface area (Å²) in [6.07, 6.45) is 0.870. The maximum Gasteiger partial charge on any atom is 0.242 e. The Hall–Kier alpha value is -0.810. The number of nitrogens with zero attached hydrogens (tertiary/aromatic N) is 2. The number of rotatable bonds is 1. The van der Waals surface area contributed by atoms with Crippen LogP contribution in [0, 0.1) is 0 Å². The van der Waals surface area contributed by atoms with Crippen molar-refractivity contribution in [3.63, 3.8) is 0 Å². The second-order valence-corrected chi connectivity index (χ2v) is 5.13. The number of hydrogen-bond donors (Lipinski definition) is 0. The lowest BCUT2D eigenvalue weighted by Gasteiger charge is -2.21. The van der Waals surface area contributed by atoms with Gasteiger partial charge in [0.2, 0.25) is 5.91 Å². The van der Waals surface area contributed by atoms with E-state index < -0.39 is 0 Å². The van der Waals surface area contributed by atoms with Crippen LogP contribution in [-0.2, 0) is 11.3 Å². The molecule has 0 aliphatic carbocycles. The third kappa shape index (κ3) is 2.02. The number of para-hydroxylation sites is 1. The fraction of sp³-hybridized carbons (Fsp3) is 0.333. The Morgan fingerprint density at radius 3 is 3.00 bits per heavy atom. The molecule has 0 saturated carbocycles. The van der Waals surface area contributed by atoms with Crippen LogP contribution < -0.4 is 0 Å². The molecule has 2 aliphatic heterocycles.